The summed E-state index contributed by atoms with van der Waals surface area (Å²) >= 11 is 6.20. The number of ether oxygens (including phenoxy) is 1. The summed E-state index contributed by atoms with van der Waals surface area (Å²) < 4.78 is 5.90. The van der Waals surface area contributed by atoms with Gasteiger partial charge < -0.3 is 10.1 Å². The highest BCUT2D eigenvalue weighted by Gasteiger charge is 2.08. The summed E-state index contributed by atoms with van der Waals surface area (Å²) in [5, 5.41) is 12.7. The van der Waals surface area contributed by atoms with Crippen LogP contribution in [0.1, 0.15) is 22.3 Å². The van der Waals surface area contributed by atoms with Crippen molar-refractivity contribution in [2.24, 2.45) is 0 Å². The van der Waals surface area contributed by atoms with Gasteiger partial charge in [-0.05, 0) is 49.4 Å². The number of halogens is 1. The maximum Gasteiger partial charge on any atom is 0.125 e. The Balaban J connectivity index is 2.17. The van der Waals surface area contributed by atoms with E-state index in [9.17, 15) is 0 Å². The molecule has 0 aliphatic rings. The average Bonchev–Trinajstić information content (AvgIpc) is 2.49. The molecular weight excluding hydrogens is 284 g/mol. The lowest BCUT2D eigenvalue weighted by molar-refractivity contribution is 0.301. The van der Waals surface area contributed by atoms with Crippen molar-refractivity contribution < 1.29 is 4.74 Å². The molecule has 21 heavy (non-hydrogen) atoms. The van der Waals surface area contributed by atoms with Crippen molar-refractivity contribution in [1.29, 1.82) is 5.26 Å². The van der Waals surface area contributed by atoms with Gasteiger partial charge in [-0.25, -0.2) is 0 Å². The Morgan fingerprint density at radius 2 is 2.10 bits per heavy atom. The SMILES string of the molecule is CNCc1c(Cl)cccc1OCc1ccc(C#N)cc1C. The second-order valence-corrected chi connectivity index (χ2v) is 5.20. The molecule has 0 atom stereocenters. The second-order valence-electron chi connectivity index (χ2n) is 4.79. The summed E-state index contributed by atoms with van der Waals surface area (Å²) in [6, 6.07) is 13.4. The maximum atomic E-state index is 8.88. The predicted octanol–water partition coefficient (Wildman–Crippen LogP) is 3.82. The van der Waals surface area contributed by atoms with Gasteiger partial charge in [-0.15, -0.1) is 0 Å². The first-order valence-electron chi connectivity index (χ1n) is 6.70. The first-order valence-corrected chi connectivity index (χ1v) is 7.08. The van der Waals surface area contributed by atoms with Gasteiger partial charge >= 0.3 is 0 Å². The number of hydrogen-bond acceptors (Lipinski definition) is 3. The third-order valence-electron chi connectivity index (χ3n) is 3.28. The van der Waals surface area contributed by atoms with Gasteiger partial charge in [-0.3, -0.25) is 0 Å². The number of hydrogen-bond donors (Lipinski definition) is 1. The number of aryl methyl sites for hydroxylation is 1. The van der Waals surface area contributed by atoms with Crippen LogP contribution in [-0.2, 0) is 13.2 Å². The molecule has 0 aromatic heterocycles. The van der Waals surface area contributed by atoms with Crippen LogP contribution in [0.5, 0.6) is 5.75 Å². The summed E-state index contributed by atoms with van der Waals surface area (Å²) in [5.74, 6) is 0.778. The lowest BCUT2D eigenvalue weighted by Crippen LogP contribution is -2.08. The zero-order valence-corrected chi connectivity index (χ0v) is 12.9. The molecule has 2 rings (SSSR count). The van der Waals surface area contributed by atoms with Gasteiger partial charge in [-0.1, -0.05) is 23.7 Å². The standard InChI is InChI=1S/C17H17ClN2O/c1-12-8-13(9-19)6-7-14(12)11-21-17-5-3-4-16(18)15(17)10-20-2/h3-8,20H,10-11H2,1-2H3. The fourth-order valence-electron chi connectivity index (χ4n) is 2.11. The third kappa shape index (κ3) is 3.75. The molecule has 0 bridgehead atoms. The molecule has 108 valence electrons. The van der Waals surface area contributed by atoms with Crippen LogP contribution in [0, 0.1) is 18.3 Å². The van der Waals surface area contributed by atoms with Crippen LogP contribution in [0.25, 0.3) is 0 Å². The fraction of sp³-hybridized carbons (Fsp3) is 0.235. The van der Waals surface area contributed by atoms with Crippen molar-refractivity contribution in [3.05, 3.63) is 63.7 Å². The largest absolute Gasteiger partial charge is 0.489 e. The van der Waals surface area contributed by atoms with Gasteiger partial charge in [-0.2, -0.15) is 5.26 Å². The van der Waals surface area contributed by atoms with Crippen LogP contribution in [0.15, 0.2) is 36.4 Å². The molecule has 0 amide bonds. The summed E-state index contributed by atoms with van der Waals surface area (Å²) in [7, 11) is 1.87. The molecule has 0 fully saturated rings. The van der Waals surface area contributed by atoms with Gasteiger partial charge in [0.1, 0.15) is 12.4 Å². The molecule has 0 aliphatic heterocycles. The first kappa shape index (κ1) is 15.4. The summed E-state index contributed by atoms with van der Waals surface area (Å²) in [6.45, 7) is 3.09. The Morgan fingerprint density at radius 1 is 1.29 bits per heavy atom. The Bertz CT molecular complexity index is 677. The summed E-state index contributed by atoms with van der Waals surface area (Å²) in [5.41, 5.74) is 3.72. The quantitative estimate of drug-likeness (QED) is 0.913. The van der Waals surface area contributed by atoms with Crippen LogP contribution in [0.2, 0.25) is 5.02 Å². The molecule has 2 aromatic carbocycles. The highest BCUT2D eigenvalue weighted by atomic mass is 35.5. The molecule has 0 aliphatic carbocycles. The van der Waals surface area contributed by atoms with E-state index in [1.807, 2.05) is 44.3 Å². The minimum atomic E-state index is 0.453. The van der Waals surface area contributed by atoms with Crippen molar-refractivity contribution in [2.45, 2.75) is 20.1 Å². The Labute approximate surface area is 130 Å². The molecule has 0 unspecified atom stereocenters. The zero-order chi connectivity index (χ0) is 15.2. The number of benzene rings is 2. The Hall–Kier alpha value is -2.02. The molecule has 0 saturated heterocycles. The number of nitrogens with zero attached hydrogens (tertiary/aromatic N) is 1. The number of rotatable bonds is 5. The normalized spacial score (nSPS) is 10.2. The van der Waals surface area contributed by atoms with E-state index < -0.39 is 0 Å². The van der Waals surface area contributed by atoms with Crippen molar-refractivity contribution in [1.82, 2.24) is 5.32 Å². The molecule has 4 heteroatoms. The minimum Gasteiger partial charge on any atom is -0.489 e. The molecule has 0 radical (unpaired) electrons. The Kier molecular flexibility index (Phi) is 5.21. The first-order chi connectivity index (χ1) is 10.2. The summed E-state index contributed by atoms with van der Waals surface area (Å²) in [6.07, 6.45) is 0. The molecule has 0 heterocycles. The van der Waals surface area contributed by atoms with Crippen LogP contribution in [0.4, 0.5) is 0 Å². The van der Waals surface area contributed by atoms with Crippen LogP contribution in [-0.4, -0.2) is 7.05 Å². The predicted molar refractivity (Wildman–Crippen MR) is 84.4 cm³/mol. The molecule has 3 nitrogen and oxygen atoms in total. The molecular formula is C17H17ClN2O. The van der Waals surface area contributed by atoms with E-state index in [0.717, 1.165) is 22.4 Å². The van der Waals surface area contributed by atoms with E-state index in [4.69, 9.17) is 21.6 Å². The fourth-order valence-corrected chi connectivity index (χ4v) is 2.34. The van der Waals surface area contributed by atoms with Gasteiger partial charge in [0.25, 0.3) is 0 Å². The maximum absolute atomic E-state index is 8.88. The monoisotopic (exact) mass is 300 g/mol. The van der Waals surface area contributed by atoms with E-state index in [2.05, 4.69) is 11.4 Å². The van der Waals surface area contributed by atoms with E-state index in [-0.39, 0.29) is 0 Å². The second kappa shape index (κ2) is 7.12. The zero-order valence-electron chi connectivity index (χ0n) is 12.1. The van der Waals surface area contributed by atoms with Crippen LogP contribution >= 0.6 is 11.6 Å². The minimum absolute atomic E-state index is 0.453. The highest BCUT2D eigenvalue weighted by molar-refractivity contribution is 6.31. The lowest BCUT2D eigenvalue weighted by atomic mass is 10.1. The van der Waals surface area contributed by atoms with Gasteiger partial charge in [0.15, 0.2) is 0 Å². The molecule has 0 spiro atoms. The average molecular weight is 301 g/mol. The topological polar surface area (TPSA) is 45.0 Å². The van der Waals surface area contributed by atoms with Crippen LogP contribution < -0.4 is 10.1 Å². The van der Waals surface area contributed by atoms with Crippen LogP contribution in [0.3, 0.4) is 0 Å². The third-order valence-corrected chi connectivity index (χ3v) is 3.64. The number of nitrogens with one attached hydrogen (secondary N) is 1. The number of nitriles is 1. The van der Waals surface area contributed by atoms with Crippen molar-refractivity contribution in [3.63, 3.8) is 0 Å². The van der Waals surface area contributed by atoms with E-state index >= 15 is 0 Å². The lowest BCUT2D eigenvalue weighted by Gasteiger charge is -2.14. The smallest absolute Gasteiger partial charge is 0.125 e. The van der Waals surface area contributed by atoms with Crippen molar-refractivity contribution in [2.75, 3.05) is 7.05 Å². The highest BCUT2D eigenvalue weighted by Crippen LogP contribution is 2.27. The van der Waals surface area contributed by atoms with E-state index in [1.165, 1.54) is 0 Å². The summed E-state index contributed by atoms with van der Waals surface area (Å²) in [4.78, 5) is 0. The van der Waals surface area contributed by atoms with Crippen molar-refractivity contribution in [3.8, 4) is 11.8 Å². The molecule has 1 N–H and O–H groups in total. The Morgan fingerprint density at radius 3 is 2.76 bits per heavy atom. The van der Waals surface area contributed by atoms with E-state index in [1.54, 1.807) is 6.07 Å². The molecule has 0 saturated carbocycles. The van der Waals surface area contributed by atoms with E-state index in [0.29, 0.717) is 23.7 Å². The van der Waals surface area contributed by atoms with Gasteiger partial charge in [0.2, 0.25) is 0 Å². The van der Waals surface area contributed by atoms with Gasteiger partial charge in [0, 0.05) is 17.1 Å². The van der Waals surface area contributed by atoms with Crippen molar-refractivity contribution >= 4 is 11.6 Å². The molecule has 2 aromatic rings. The van der Waals surface area contributed by atoms with Gasteiger partial charge in [0.05, 0.1) is 11.6 Å².